The van der Waals surface area contributed by atoms with Gasteiger partial charge in [-0.05, 0) is 87.2 Å². The Bertz CT molecular complexity index is 888. The molecule has 1 aliphatic heterocycles. The van der Waals surface area contributed by atoms with Crippen molar-refractivity contribution in [3.8, 4) is 11.5 Å². The first kappa shape index (κ1) is 22.9. The largest absolute Gasteiger partial charge is 0.493 e. The predicted octanol–water partition coefficient (Wildman–Crippen LogP) is 4.10. The predicted molar refractivity (Wildman–Crippen MR) is 126 cm³/mol. The van der Waals surface area contributed by atoms with Crippen molar-refractivity contribution in [3.05, 3.63) is 47.0 Å². The van der Waals surface area contributed by atoms with Crippen molar-refractivity contribution < 1.29 is 14.3 Å². The van der Waals surface area contributed by atoms with Gasteiger partial charge in [0.05, 0.1) is 6.61 Å². The number of ether oxygens (including phenoxy) is 2. The van der Waals surface area contributed by atoms with Crippen LogP contribution in [0, 0.1) is 20.8 Å². The molecule has 2 aromatic rings. The van der Waals surface area contributed by atoms with Gasteiger partial charge in [-0.2, -0.15) is 0 Å². The molecule has 2 N–H and O–H groups in total. The van der Waals surface area contributed by atoms with Crippen molar-refractivity contribution in [2.75, 3.05) is 50.0 Å². The normalized spacial score (nSPS) is 14.5. The number of nitrogens with two attached hydrogens (primary N) is 1. The van der Waals surface area contributed by atoms with E-state index in [-0.39, 0.29) is 5.97 Å². The van der Waals surface area contributed by atoms with Crippen LogP contribution in [0.4, 0.5) is 11.4 Å². The molecule has 1 saturated heterocycles. The fourth-order valence-corrected chi connectivity index (χ4v) is 4.01. The van der Waals surface area contributed by atoms with Gasteiger partial charge in [-0.25, -0.2) is 0 Å². The van der Waals surface area contributed by atoms with E-state index in [9.17, 15) is 4.79 Å². The Morgan fingerprint density at radius 3 is 2.32 bits per heavy atom. The van der Waals surface area contributed by atoms with Crippen LogP contribution in [0.15, 0.2) is 30.3 Å². The van der Waals surface area contributed by atoms with Gasteiger partial charge in [0.2, 0.25) is 0 Å². The van der Waals surface area contributed by atoms with Crippen LogP contribution in [0.25, 0.3) is 0 Å². The molecule has 2 aromatic carbocycles. The van der Waals surface area contributed by atoms with E-state index in [2.05, 4.69) is 21.9 Å². The second-order valence-corrected chi connectivity index (χ2v) is 8.34. The van der Waals surface area contributed by atoms with Gasteiger partial charge in [-0.1, -0.05) is 0 Å². The Hall–Kier alpha value is -2.73. The minimum absolute atomic E-state index is 0.298. The average Bonchev–Trinajstić information content (AvgIpc) is 2.75. The Balaban J connectivity index is 1.39. The fourth-order valence-electron chi connectivity index (χ4n) is 4.01. The Morgan fingerprint density at radius 2 is 1.68 bits per heavy atom. The summed E-state index contributed by atoms with van der Waals surface area (Å²) in [6.45, 7) is 13.4. The van der Waals surface area contributed by atoms with Crippen LogP contribution in [0.5, 0.6) is 11.5 Å². The van der Waals surface area contributed by atoms with E-state index in [0.717, 1.165) is 73.7 Å². The van der Waals surface area contributed by atoms with Crippen LogP contribution in [-0.2, 0) is 4.79 Å². The number of rotatable bonds is 8. The second kappa shape index (κ2) is 10.5. The SMILES string of the molecule is CC(=O)Oc1c(C)cc(OCCCCN2CCN(c3ccc(N)cc3)CC2)c(C)c1C. The summed E-state index contributed by atoms with van der Waals surface area (Å²) in [5.41, 5.74) is 10.8. The molecule has 0 aliphatic carbocycles. The topological polar surface area (TPSA) is 68.0 Å². The number of nitrogen functional groups attached to an aromatic ring is 1. The Morgan fingerprint density at radius 1 is 1.00 bits per heavy atom. The van der Waals surface area contributed by atoms with Crippen molar-refractivity contribution in [2.24, 2.45) is 0 Å². The van der Waals surface area contributed by atoms with Gasteiger partial charge >= 0.3 is 5.97 Å². The van der Waals surface area contributed by atoms with Gasteiger partial charge in [0, 0.05) is 44.5 Å². The number of esters is 1. The number of carbonyl (C=O) groups is 1. The highest BCUT2D eigenvalue weighted by atomic mass is 16.5. The number of hydrogen-bond acceptors (Lipinski definition) is 6. The van der Waals surface area contributed by atoms with E-state index in [0.29, 0.717) is 12.4 Å². The highest BCUT2D eigenvalue weighted by Gasteiger charge is 2.17. The van der Waals surface area contributed by atoms with Crippen molar-refractivity contribution in [3.63, 3.8) is 0 Å². The number of unbranched alkanes of at least 4 members (excludes halogenated alkanes) is 1. The summed E-state index contributed by atoms with van der Waals surface area (Å²) >= 11 is 0. The van der Waals surface area contributed by atoms with E-state index < -0.39 is 0 Å². The highest BCUT2D eigenvalue weighted by Crippen LogP contribution is 2.33. The van der Waals surface area contributed by atoms with Crippen LogP contribution < -0.4 is 20.1 Å². The molecule has 0 saturated carbocycles. The minimum Gasteiger partial charge on any atom is -0.493 e. The van der Waals surface area contributed by atoms with Crippen molar-refractivity contribution in [2.45, 2.75) is 40.5 Å². The Labute approximate surface area is 185 Å². The third kappa shape index (κ3) is 6.14. The van der Waals surface area contributed by atoms with E-state index in [1.165, 1.54) is 12.6 Å². The molecule has 6 nitrogen and oxygen atoms in total. The maximum Gasteiger partial charge on any atom is 0.308 e. The zero-order valence-corrected chi connectivity index (χ0v) is 19.2. The Kier molecular flexibility index (Phi) is 7.80. The zero-order valence-electron chi connectivity index (χ0n) is 19.2. The van der Waals surface area contributed by atoms with Crippen LogP contribution in [0.1, 0.15) is 36.5 Å². The summed E-state index contributed by atoms with van der Waals surface area (Å²) in [7, 11) is 0. The van der Waals surface area contributed by atoms with E-state index in [1.54, 1.807) is 0 Å². The second-order valence-electron chi connectivity index (χ2n) is 8.34. The monoisotopic (exact) mass is 425 g/mol. The summed E-state index contributed by atoms with van der Waals surface area (Å²) in [6, 6.07) is 10.1. The summed E-state index contributed by atoms with van der Waals surface area (Å²) < 4.78 is 11.4. The summed E-state index contributed by atoms with van der Waals surface area (Å²) in [4.78, 5) is 16.3. The lowest BCUT2D eigenvalue weighted by molar-refractivity contribution is -0.131. The first-order valence-corrected chi connectivity index (χ1v) is 11.1. The van der Waals surface area contributed by atoms with Gasteiger partial charge in [0.1, 0.15) is 11.5 Å². The number of nitrogens with zero attached hydrogens (tertiary/aromatic N) is 2. The van der Waals surface area contributed by atoms with E-state index in [1.807, 2.05) is 39.0 Å². The summed E-state index contributed by atoms with van der Waals surface area (Å²) in [5, 5.41) is 0. The molecule has 0 radical (unpaired) electrons. The molecule has 3 rings (SSSR count). The third-order valence-electron chi connectivity index (χ3n) is 5.98. The molecule has 1 aliphatic rings. The molecule has 0 unspecified atom stereocenters. The quantitative estimate of drug-likeness (QED) is 0.297. The third-order valence-corrected chi connectivity index (χ3v) is 5.98. The smallest absolute Gasteiger partial charge is 0.308 e. The molecule has 6 heteroatoms. The number of carbonyl (C=O) groups excluding carboxylic acids is 1. The number of aryl methyl sites for hydroxylation is 1. The van der Waals surface area contributed by atoms with Crippen LogP contribution in [0.3, 0.4) is 0 Å². The number of hydrogen-bond donors (Lipinski definition) is 1. The lowest BCUT2D eigenvalue weighted by Gasteiger charge is -2.36. The standard InChI is InChI=1S/C25H35N3O3/c1-18-17-24(19(2)20(3)25(18)31-21(4)29)30-16-6-5-11-27-12-14-28(15-13-27)23-9-7-22(26)8-10-23/h7-10,17H,5-6,11-16,26H2,1-4H3. The first-order chi connectivity index (χ1) is 14.8. The van der Waals surface area contributed by atoms with Gasteiger partial charge < -0.3 is 20.1 Å². The van der Waals surface area contributed by atoms with Crippen molar-refractivity contribution in [1.82, 2.24) is 4.90 Å². The fraction of sp³-hybridized carbons (Fsp3) is 0.480. The molecule has 0 bridgehead atoms. The maximum atomic E-state index is 11.3. The minimum atomic E-state index is -0.298. The van der Waals surface area contributed by atoms with Gasteiger partial charge in [-0.15, -0.1) is 0 Å². The molecular formula is C25H35N3O3. The molecule has 168 valence electrons. The molecule has 0 amide bonds. The summed E-state index contributed by atoms with van der Waals surface area (Å²) in [6.07, 6.45) is 2.13. The summed E-state index contributed by atoms with van der Waals surface area (Å²) in [5.74, 6) is 1.23. The lowest BCUT2D eigenvalue weighted by atomic mass is 10.0. The first-order valence-electron chi connectivity index (χ1n) is 11.1. The molecular weight excluding hydrogens is 390 g/mol. The van der Waals surface area contributed by atoms with Gasteiger partial charge in [-0.3, -0.25) is 9.69 Å². The lowest BCUT2D eigenvalue weighted by Crippen LogP contribution is -2.46. The van der Waals surface area contributed by atoms with Crippen LogP contribution in [-0.4, -0.2) is 50.2 Å². The van der Waals surface area contributed by atoms with Crippen LogP contribution in [0.2, 0.25) is 0 Å². The number of piperazine rings is 1. The van der Waals surface area contributed by atoms with Crippen molar-refractivity contribution >= 4 is 17.3 Å². The zero-order chi connectivity index (χ0) is 22.4. The molecule has 1 heterocycles. The van der Waals surface area contributed by atoms with Crippen LogP contribution >= 0.6 is 0 Å². The van der Waals surface area contributed by atoms with Crippen molar-refractivity contribution in [1.29, 1.82) is 0 Å². The van der Waals surface area contributed by atoms with E-state index in [4.69, 9.17) is 15.2 Å². The maximum absolute atomic E-state index is 11.3. The van der Waals surface area contributed by atoms with Gasteiger partial charge in [0.25, 0.3) is 0 Å². The number of anilines is 2. The molecule has 0 spiro atoms. The van der Waals surface area contributed by atoms with E-state index >= 15 is 0 Å². The molecule has 1 fully saturated rings. The van der Waals surface area contributed by atoms with Gasteiger partial charge in [0.15, 0.2) is 0 Å². The molecule has 0 aromatic heterocycles. The molecule has 0 atom stereocenters. The average molecular weight is 426 g/mol. The number of benzene rings is 2. The molecule has 31 heavy (non-hydrogen) atoms. The highest BCUT2D eigenvalue weighted by molar-refractivity contribution is 5.71.